The molecule has 5 nitrogen and oxygen atoms in total. The van der Waals surface area contributed by atoms with E-state index in [-0.39, 0.29) is 6.04 Å². The number of ether oxygens (including phenoxy) is 1. The third-order valence-corrected chi connectivity index (χ3v) is 3.33. The van der Waals surface area contributed by atoms with Crippen LogP contribution in [0.5, 0.6) is 5.75 Å². The van der Waals surface area contributed by atoms with E-state index < -0.39 is 0 Å². The Morgan fingerprint density at radius 1 is 1.30 bits per heavy atom. The van der Waals surface area contributed by atoms with Gasteiger partial charge in [-0.05, 0) is 38.3 Å². The van der Waals surface area contributed by atoms with Gasteiger partial charge in [0, 0.05) is 6.04 Å². The molecule has 1 unspecified atom stereocenters. The predicted molar refractivity (Wildman–Crippen MR) is 76.5 cm³/mol. The van der Waals surface area contributed by atoms with E-state index in [1.165, 1.54) is 5.56 Å². The Morgan fingerprint density at radius 3 is 2.75 bits per heavy atom. The quantitative estimate of drug-likeness (QED) is 0.877. The van der Waals surface area contributed by atoms with E-state index >= 15 is 0 Å². The minimum Gasteiger partial charge on any atom is -0.487 e. The number of aryl methyl sites for hydroxylation is 2. The average Bonchev–Trinajstić information content (AvgIpc) is 2.83. The molecule has 0 aliphatic rings. The monoisotopic (exact) mass is 275 g/mol. The standard InChI is InChI=1S/C15H21N3O2/c1-4-13(16)8-12-7-10(2)5-6-15(12)19-9-14-11(3)17-20-18-14/h5-7,13H,4,8-9,16H2,1-3H3. The summed E-state index contributed by atoms with van der Waals surface area (Å²) in [5, 5.41) is 7.56. The van der Waals surface area contributed by atoms with Crippen molar-refractivity contribution in [2.75, 3.05) is 0 Å². The van der Waals surface area contributed by atoms with E-state index in [2.05, 4.69) is 34.9 Å². The molecule has 0 aliphatic heterocycles. The lowest BCUT2D eigenvalue weighted by molar-refractivity contribution is 0.268. The normalized spacial score (nSPS) is 12.4. The lowest BCUT2D eigenvalue weighted by Gasteiger charge is -2.14. The van der Waals surface area contributed by atoms with Crippen LogP contribution in [0.3, 0.4) is 0 Å². The van der Waals surface area contributed by atoms with E-state index in [0.29, 0.717) is 6.61 Å². The van der Waals surface area contributed by atoms with Crippen LogP contribution in [0.15, 0.2) is 22.8 Å². The first-order valence-electron chi connectivity index (χ1n) is 6.86. The van der Waals surface area contributed by atoms with Gasteiger partial charge in [0.25, 0.3) is 0 Å². The highest BCUT2D eigenvalue weighted by atomic mass is 16.6. The first-order valence-corrected chi connectivity index (χ1v) is 6.86. The molecule has 1 aromatic heterocycles. The fraction of sp³-hybridized carbons (Fsp3) is 0.467. The van der Waals surface area contributed by atoms with E-state index in [1.807, 2.05) is 19.1 Å². The molecule has 0 spiro atoms. The van der Waals surface area contributed by atoms with Crippen molar-refractivity contribution >= 4 is 0 Å². The fourth-order valence-corrected chi connectivity index (χ4v) is 1.96. The van der Waals surface area contributed by atoms with Gasteiger partial charge in [-0.3, -0.25) is 0 Å². The third-order valence-electron chi connectivity index (χ3n) is 3.33. The van der Waals surface area contributed by atoms with E-state index in [0.717, 1.165) is 35.5 Å². The summed E-state index contributed by atoms with van der Waals surface area (Å²) in [6.07, 6.45) is 1.75. The van der Waals surface area contributed by atoms with Crippen LogP contribution >= 0.6 is 0 Å². The Kier molecular flexibility index (Phi) is 4.74. The number of rotatable bonds is 6. The molecule has 108 valence electrons. The summed E-state index contributed by atoms with van der Waals surface area (Å²) >= 11 is 0. The van der Waals surface area contributed by atoms with Gasteiger partial charge in [-0.15, -0.1) is 0 Å². The summed E-state index contributed by atoms with van der Waals surface area (Å²) in [5.41, 5.74) is 9.85. The van der Waals surface area contributed by atoms with Gasteiger partial charge in [-0.25, -0.2) is 4.63 Å². The van der Waals surface area contributed by atoms with Crippen LogP contribution in [0.25, 0.3) is 0 Å². The number of nitrogens with two attached hydrogens (primary N) is 1. The van der Waals surface area contributed by atoms with Crippen molar-refractivity contribution in [1.29, 1.82) is 0 Å². The molecule has 0 saturated carbocycles. The Balaban J connectivity index is 2.12. The number of hydrogen-bond acceptors (Lipinski definition) is 5. The van der Waals surface area contributed by atoms with Crippen LogP contribution in [0.2, 0.25) is 0 Å². The maximum Gasteiger partial charge on any atom is 0.145 e. The van der Waals surface area contributed by atoms with Crippen molar-refractivity contribution in [2.24, 2.45) is 5.73 Å². The van der Waals surface area contributed by atoms with Gasteiger partial charge in [-0.2, -0.15) is 0 Å². The summed E-state index contributed by atoms with van der Waals surface area (Å²) < 4.78 is 10.5. The molecule has 5 heteroatoms. The second kappa shape index (κ2) is 6.52. The number of hydrogen-bond donors (Lipinski definition) is 1. The fourth-order valence-electron chi connectivity index (χ4n) is 1.96. The summed E-state index contributed by atoms with van der Waals surface area (Å²) in [6, 6.07) is 6.29. The van der Waals surface area contributed by atoms with Crippen LogP contribution in [0, 0.1) is 13.8 Å². The second-order valence-electron chi connectivity index (χ2n) is 5.07. The molecule has 1 aromatic carbocycles. The number of aromatic nitrogens is 2. The molecule has 20 heavy (non-hydrogen) atoms. The smallest absolute Gasteiger partial charge is 0.145 e. The number of nitrogens with zero attached hydrogens (tertiary/aromatic N) is 2. The van der Waals surface area contributed by atoms with Crippen molar-refractivity contribution < 1.29 is 9.37 Å². The maximum absolute atomic E-state index is 6.05. The molecule has 2 N–H and O–H groups in total. The number of benzene rings is 1. The van der Waals surface area contributed by atoms with Crippen LogP contribution in [-0.4, -0.2) is 16.4 Å². The molecule has 1 atom stereocenters. The largest absolute Gasteiger partial charge is 0.487 e. The SMILES string of the molecule is CCC(N)Cc1cc(C)ccc1OCc1nonc1C. The van der Waals surface area contributed by atoms with Crippen LogP contribution < -0.4 is 10.5 Å². The van der Waals surface area contributed by atoms with Crippen LogP contribution in [0.1, 0.15) is 35.9 Å². The Labute approximate surface area is 119 Å². The highest BCUT2D eigenvalue weighted by molar-refractivity contribution is 5.37. The third kappa shape index (κ3) is 3.57. The molecule has 0 bridgehead atoms. The summed E-state index contributed by atoms with van der Waals surface area (Å²) in [5.74, 6) is 0.849. The van der Waals surface area contributed by atoms with E-state index in [1.54, 1.807) is 0 Å². The summed E-state index contributed by atoms with van der Waals surface area (Å²) in [4.78, 5) is 0. The first kappa shape index (κ1) is 14.5. The summed E-state index contributed by atoms with van der Waals surface area (Å²) in [7, 11) is 0. The molecule has 0 radical (unpaired) electrons. The van der Waals surface area contributed by atoms with E-state index in [4.69, 9.17) is 10.5 Å². The molecule has 1 heterocycles. The zero-order valence-electron chi connectivity index (χ0n) is 12.2. The Bertz CT molecular complexity index is 566. The molecule has 0 saturated heterocycles. The zero-order chi connectivity index (χ0) is 14.5. The topological polar surface area (TPSA) is 74.2 Å². The van der Waals surface area contributed by atoms with Crippen molar-refractivity contribution in [3.8, 4) is 5.75 Å². The Hall–Kier alpha value is -1.88. The van der Waals surface area contributed by atoms with Crippen molar-refractivity contribution in [1.82, 2.24) is 10.3 Å². The predicted octanol–water partition coefficient (Wildman–Crippen LogP) is 2.55. The minimum atomic E-state index is 0.148. The van der Waals surface area contributed by atoms with Gasteiger partial charge in [0.1, 0.15) is 23.7 Å². The lowest BCUT2D eigenvalue weighted by atomic mass is 10.0. The van der Waals surface area contributed by atoms with Gasteiger partial charge in [-0.1, -0.05) is 34.9 Å². The molecular weight excluding hydrogens is 254 g/mol. The zero-order valence-corrected chi connectivity index (χ0v) is 12.2. The van der Waals surface area contributed by atoms with Crippen molar-refractivity contribution in [3.05, 3.63) is 40.7 Å². The second-order valence-corrected chi connectivity index (χ2v) is 5.07. The maximum atomic E-state index is 6.05. The minimum absolute atomic E-state index is 0.148. The average molecular weight is 275 g/mol. The lowest BCUT2D eigenvalue weighted by Crippen LogP contribution is -2.21. The molecule has 0 amide bonds. The van der Waals surface area contributed by atoms with Gasteiger partial charge in [0.15, 0.2) is 0 Å². The van der Waals surface area contributed by atoms with Gasteiger partial charge < -0.3 is 10.5 Å². The van der Waals surface area contributed by atoms with Crippen molar-refractivity contribution in [2.45, 2.75) is 46.3 Å². The van der Waals surface area contributed by atoms with Crippen molar-refractivity contribution in [3.63, 3.8) is 0 Å². The molecule has 2 rings (SSSR count). The van der Waals surface area contributed by atoms with Crippen LogP contribution in [0.4, 0.5) is 0 Å². The van der Waals surface area contributed by atoms with Gasteiger partial charge in [0.05, 0.1) is 0 Å². The highest BCUT2D eigenvalue weighted by Crippen LogP contribution is 2.23. The molecule has 0 aliphatic carbocycles. The van der Waals surface area contributed by atoms with Gasteiger partial charge >= 0.3 is 0 Å². The molecule has 0 fully saturated rings. The van der Waals surface area contributed by atoms with Gasteiger partial charge in [0.2, 0.25) is 0 Å². The first-order chi connectivity index (χ1) is 9.60. The van der Waals surface area contributed by atoms with E-state index in [9.17, 15) is 0 Å². The van der Waals surface area contributed by atoms with Crippen LogP contribution in [-0.2, 0) is 13.0 Å². The summed E-state index contributed by atoms with van der Waals surface area (Å²) in [6.45, 7) is 6.35. The molecular formula is C15H21N3O2. The Morgan fingerprint density at radius 2 is 2.10 bits per heavy atom. The molecule has 2 aromatic rings. The highest BCUT2D eigenvalue weighted by Gasteiger charge is 2.11.